The van der Waals surface area contributed by atoms with Crippen molar-refractivity contribution in [3.05, 3.63) is 76.9 Å². The second-order valence-electron chi connectivity index (χ2n) is 6.57. The van der Waals surface area contributed by atoms with Gasteiger partial charge in [0.2, 0.25) is 0 Å². The quantitative estimate of drug-likeness (QED) is 0.443. The Labute approximate surface area is 174 Å². The summed E-state index contributed by atoms with van der Waals surface area (Å²) in [5.74, 6) is -0.407. The van der Waals surface area contributed by atoms with Gasteiger partial charge in [-0.2, -0.15) is 15.0 Å². The third kappa shape index (κ3) is 3.21. The van der Waals surface area contributed by atoms with Gasteiger partial charge in [-0.25, -0.2) is 18.2 Å². The molecule has 0 saturated carbocycles. The highest BCUT2D eigenvalue weighted by molar-refractivity contribution is 7.92. The third-order valence-electron chi connectivity index (χ3n) is 4.62. The summed E-state index contributed by atoms with van der Waals surface area (Å²) in [6.45, 7) is 0. The number of oxazole rings is 1. The lowest BCUT2D eigenvalue weighted by atomic mass is 10.2. The van der Waals surface area contributed by atoms with Gasteiger partial charge in [-0.3, -0.25) is 9.71 Å². The Kier molecular flexibility index (Phi) is 4.09. The zero-order valence-corrected chi connectivity index (χ0v) is 16.4. The fourth-order valence-electron chi connectivity index (χ4n) is 3.15. The molecule has 3 aromatic heterocycles. The summed E-state index contributed by atoms with van der Waals surface area (Å²) in [6.07, 6.45) is 1.25. The van der Waals surface area contributed by atoms with E-state index in [4.69, 9.17) is 4.42 Å². The van der Waals surface area contributed by atoms with Crippen molar-refractivity contribution < 1.29 is 12.8 Å². The molecule has 5 rings (SSSR count). The van der Waals surface area contributed by atoms with Crippen LogP contribution in [0, 0.1) is 11.3 Å². The van der Waals surface area contributed by atoms with E-state index < -0.39 is 15.8 Å². The van der Waals surface area contributed by atoms with Crippen molar-refractivity contribution in [3.63, 3.8) is 0 Å². The minimum absolute atomic E-state index is 0.0211. The third-order valence-corrected chi connectivity index (χ3v) is 5.96. The van der Waals surface area contributed by atoms with Gasteiger partial charge >= 0.3 is 5.76 Å². The topological polar surface area (TPSA) is 147 Å². The number of nitriles is 1. The number of aromatic amines is 1. The van der Waals surface area contributed by atoms with Crippen LogP contribution in [0.2, 0.25) is 0 Å². The Morgan fingerprint density at radius 3 is 2.81 bits per heavy atom. The molecule has 3 heterocycles. The molecular weight excluding hydrogens is 420 g/mol. The maximum atomic E-state index is 13.0. The molecule has 0 atom stereocenters. The lowest BCUT2D eigenvalue weighted by Crippen LogP contribution is -2.17. The standard InChI is InChI=1S/C20H12N6O4S/c21-10-13-11-22-26(18-8-5-12-3-1-2-4-15(12)23-18)19(13)25-31(28,29)14-6-7-16-17(9-14)30-20(27)24-16/h1-9,11,25H,(H,24,27). The molecule has 0 amide bonds. The molecular formula is C20H12N6O4S. The van der Waals surface area contributed by atoms with Gasteiger partial charge in [-0.1, -0.05) is 18.2 Å². The fraction of sp³-hybridized carbons (Fsp3) is 0. The van der Waals surface area contributed by atoms with E-state index in [-0.39, 0.29) is 21.9 Å². The van der Waals surface area contributed by atoms with Gasteiger partial charge in [0.05, 0.1) is 22.1 Å². The highest BCUT2D eigenvalue weighted by Crippen LogP contribution is 2.25. The van der Waals surface area contributed by atoms with Crippen molar-refractivity contribution in [2.75, 3.05) is 4.72 Å². The van der Waals surface area contributed by atoms with E-state index in [1.165, 1.54) is 29.1 Å². The summed E-state index contributed by atoms with van der Waals surface area (Å²) in [6, 6.07) is 16.8. The number of aromatic nitrogens is 4. The van der Waals surface area contributed by atoms with Crippen LogP contribution in [0.4, 0.5) is 5.82 Å². The second kappa shape index (κ2) is 6.82. The zero-order valence-electron chi connectivity index (χ0n) is 15.6. The zero-order chi connectivity index (χ0) is 21.6. The van der Waals surface area contributed by atoms with Gasteiger partial charge in [-0.05, 0) is 30.3 Å². The number of nitrogens with zero attached hydrogens (tertiary/aromatic N) is 4. The number of para-hydroxylation sites is 1. The predicted octanol–water partition coefficient (Wildman–Crippen LogP) is 2.53. The Morgan fingerprint density at radius 1 is 1.13 bits per heavy atom. The number of nitrogens with one attached hydrogen (secondary N) is 2. The van der Waals surface area contributed by atoms with Crippen molar-refractivity contribution in [1.29, 1.82) is 5.26 Å². The van der Waals surface area contributed by atoms with E-state index in [0.29, 0.717) is 16.9 Å². The molecule has 11 heteroatoms. The fourth-order valence-corrected chi connectivity index (χ4v) is 4.23. The Balaban J connectivity index is 1.60. The van der Waals surface area contributed by atoms with Crippen molar-refractivity contribution in [2.45, 2.75) is 4.90 Å². The number of anilines is 1. The van der Waals surface area contributed by atoms with E-state index in [9.17, 15) is 18.5 Å². The van der Waals surface area contributed by atoms with Gasteiger partial charge in [0.25, 0.3) is 10.0 Å². The van der Waals surface area contributed by atoms with Crippen LogP contribution in [-0.2, 0) is 10.0 Å². The summed E-state index contributed by atoms with van der Waals surface area (Å²) in [4.78, 5) is 18.1. The van der Waals surface area contributed by atoms with Gasteiger partial charge in [0.1, 0.15) is 11.6 Å². The number of hydrogen-bond donors (Lipinski definition) is 2. The molecule has 10 nitrogen and oxygen atoms in total. The van der Waals surface area contributed by atoms with Crippen molar-refractivity contribution in [3.8, 4) is 11.9 Å². The van der Waals surface area contributed by atoms with Gasteiger partial charge < -0.3 is 4.42 Å². The van der Waals surface area contributed by atoms with E-state index >= 15 is 0 Å². The first-order chi connectivity index (χ1) is 14.9. The minimum atomic E-state index is -4.14. The average molecular weight is 432 g/mol. The molecule has 0 unspecified atom stereocenters. The van der Waals surface area contributed by atoms with Crippen LogP contribution < -0.4 is 10.5 Å². The molecule has 2 aromatic carbocycles. The van der Waals surface area contributed by atoms with Gasteiger partial charge in [0.15, 0.2) is 17.2 Å². The van der Waals surface area contributed by atoms with Gasteiger partial charge in [0, 0.05) is 11.5 Å². The van der Waals surface area contributed by atoms with E-state index in [1.54, 1.807) is 6.07 Å². The highest BCUT2D eigenvalue weighted by Gasteiger charge is 2.22. The number of hydrogen-bond acceptors (Lipinski definition) is 7. The molecule has 0 aliphatic carbocycles. The summed E-state index contributed by atoms with van der Waals surface area (Å²) in [5.41, 5.74) is 1.17. The van der Waals surface area contributed by atoms with Crippen LogP contribution in [0.15, 0.2) is 74.9 Å². The monoisotopic (exact) mass is 432 g/mol. The van der Waals surface area contributed by atoms with E-state index in [1.807, 2.05) is 36.4 Å². The maximum Gasteiger partial charge on any atom is 0.417 e. The molecule has 0 spiro atoms. The first-order valence-corrected chi connectivity index (χ1v) is 10.4. The number of H-pyrrole nitrogens is 1. The number of pyridine rings is 1. The molecule has 5 aromatic rings. The Bertz CT molecular complexity index is 1670. The Hall–Kier alpha value is -4.43. The smallest absolute Gasteiger partial charge is 0.408 e. The first kappa shape index (κ1) is 18.6. The number of rotatable bonds is 4. The Morgan fingerprint density at radius 2 is 1.97 bits per heavy atom. The summed E-state index contributed by atoms with van der Waals surface area (Å²) < 4.78 is 34.6. The number of benzene rings is 2. The molecule has 152 valence electrons. The molecule has 0 aliphatic heterocycles. The maximum absolute atomic E-state index is 13.0. The number of sulfonamides is 1. The lowest BCUT2D eigenvalue weighted by molar-refractivity contribution is 0.554. The summed E-state index contributed by atoms with van der Waals surface area (Å²) in [5, 5.41) is 14.5. The van der Waals surface area contributed by atoms with Crippen LogP contribution in [-0.4, -0.2) is 28.2 Å². The summed E-state index contributed by atoms with van der Waals surface area (Å²) >= 11 is 0. The number of fused-ring (bicyclic) bond motifs is 2. The molecule has 0 fully saturated rings. The van der Waals surface area contributed by atoms with Gasteiger partial charge in [-0.15, -0.1) is 0 Å². The van der Waals surface area contributed by atoms with E-state index in [2.05, 4.69) is 19.8 Å². The molecule has 31 heavy (non-hydrogen) atoms. The molecule has 0 saturated heterocycles. The molecule has 0 bridgehead atoms. The van der Waals surface area contributed by atoms with Crippen molar-refractivity contribution >= 4 is 37.8 Å². The lowest BCUT2D eigenvalue weighted by Gasteiger charge is -2.11. The normalized spacial score (nSPS) is 11.6. The van der Waals surface area contributed by atoms with Crippen LogP contribution in [0.3, 0.4) is 0 Å². The largest absolute Gasteiger partial charge is 0.417 e. The van der Waals surface area contributed by atoms with Crippen molar-refractivity contribution in [1.82, 2.24) is 19.7 Å². The molecule has 2 N–H and O–H groups in total. The average Bonchev–Trinajstić information content (AvgIpc) is 3.34. The molecule has 0 aliphatic rings. The second-order valence-corrected chi connectivity index (χ2v) is 8.25. The van der Waals surface area contributed by atoms with Crippen molar-refractivity contribution in [2.24, 2.45) is 0 Å². The molecule has 0 radical (unpaired) electrons. The van der Waals surface area contributed by atoms with Crippen LogP contribution in [0.5, 0.6) is 0 Å². The predicted molar refractivity (Wildman–Crippen MR) is 111 cm³/mol. The SMILES string of the molecule is N#Cc1cnn(-c2ccc3ccccc3n2)c1NS(=O)(=O)c1ccc2[nH]c(=O)oc2c1. The first-order valence-electron chi connectivity index (χ1n) is 8.94. The van der Waals surface area contributed by atoms with Crippen LogP contribution in [0.25, 0.3) is 27.8 Å². The minimum Gasteiger partial charge on any atom is -0.408 e. The highest BCUT2D eigenvalue weighted by atomic mass is 32.2. The summed E-state index contributed by atoms with van der Waals surface area (Å²) in [7, 11) is -4.14. The van der Waals surface area contributed by atoms with E-state index in [0.717, 1.165) is 5.39 Å². The van der Waals surface area contributed by atoms with Crippen LogP contribution in [0.1, 0.15) is 5.56 Å². The van der Waals surface area contributed by atoms with Crippen LogP contribution >= 0.6 is 0 Å².